The molecule has 0 unspecified atom stereocenters. The number of amides is 4. The smallest absolute Gasteiger partial charge is 0.328 e. The molecule has 1 aliphatic heterocycles. The lowest BCUT2D eigenvalue weighted by atomic mass is 10.00. The van der Waals surface area contributed by atoms with E-state index < -0.39 is 35.5 Å². The van der Waals surface area contributed by atoms with Crippen molar-refractivity contribution in [3.05, 3.63) is 0 Å². The number of rotatable bonds is 6. The normalized spacial score (nSPS) is 19.5. The first kappa shape index (κ1) is 24.7. The lowest BCUT2D eigenvalue weighted by molar-refractivity contribution is -0.154. The average molecular weight is 414 g/mol. The van der Waals surface area contributed by atoms with Crippen LogP contribution in [0.25, 0.3) is 0 Å². The number of carbonyl (C=O) groups is 4. The first-order valence-electron chi connectivity index (χ1n) is 9.86. The van der Waals surface area contributed by atoms with E-state index in [0.29, 0.717) is 0 Å². The van der Waals surface area contributed by atoms with Gasteiger partial charge in [-0.1, -0.05) is 13.8 Å². The second-order valence-electron chi connectivity index (χ2n) is 8.75. The van der Waals surface area contributed by atoms with Crippen LogP contribution < -0.4 is 16.0 Å². The minimum absolute atomic E-state index is 0.0774. The van der Waals surface area contributed by atoms with Gasteiger partial charge in [0.2, 0.25) is 11.8 Å². The van der Waals surface area contributed by atoms with Crippen molar-refractivity contribution in [1.82, 2.24) is 25.8 Å². The lowest BCUT2D eigenvalue weighted by Crippen LogP contribution is -2.65. The Hall–Kier alpha value is -2.36. The van der Waals surface area contributed by atoms with Gasteiger partial charge in [0, 0.05) is 18.6 Å². The molecule has 0 spiro atoms. The van der Waals surface area contributed by atoms with Crippen LogP contribution in [0, 0.1) is 5.92 Å². The van der Waals surface area contributed by atoms with Crippen molar-refractivity contribution >= 4 is 23.8 Å². The van der Waals surface area contributed by atoms with Crippen LogP contribution in [0.3, 0.4) is 0 Å². The highest BCUT2D eigenvalue weighted by atomic mass is 16.4. The van der Waals surface area contributed by atoms with E-state index in [2.05, 4.69) is 16.0 Å². The summed E-state index contributed by atoms with van der Waals surface area (Å²) < 4.78 is 0. The Morgan fingerprint density at radius 2 is 1.66 bits per heavy atom. The Morgan fingerprint density at radius 3 is 2.10 bits per heavy atom. The molecule has 10 nitrogen and oxygen atoms in total. The summed E-state index contributed by atoms with van der Waals surface area (Å²) in [5.41, 5.74) is -0.459. The molecule has 4 amide bonds. The van der Waals surface area contributed by atoms with Gasteiger partial charge in [-0.15, -0.1) is 0 Å². The maximum atomic E-state index is 13.1. The largest absolute Gasteiger partial charge is 0.480 e. The number of hydrogen-bond acceptors (Lipinski definition) is 5. The molecule has 0 aromatic carbocycles. The summed E-state index contributed by atoms with van der Waals surface area (Å²) in [6.45, 7) is 10.9. The molecule has 166 valence electrons. The van der Waals surface area contributed by atoms with E-state index in [0.717, 1.165) is 0 Å². The summed E-state index contributed by atoms with van der Waals surface area (Å²) in [4.78, 5) is 52.3. The third kappa shape index (κ3) is 6.88. The second-order valence-corrected chi connectivity index (χ2v) is 8.75. The second kappa shape index (κ2) is 9.91. The standard InChI is InChI=1S/C19H35N5O5/c1-11(2)14(21-15(25)12(3)20-7)16(26)24-9-8-23(10-13(24)17(27)28)18(29)22-19(4,5)6/h11-14,20H,8-10H2,1-7H3,(H,21,25)(H,22,29)(H,27,28)/t12-,13-,14-/m0/s1. The SMILES string of the molecule is CN[C@@H](C)C(=O)N[C@H](C(=O)N1CCN(C(=O)NC(C)(C)C)C[C@H]1C(=O)O)C(C)C. The van der Waals surface area contributed by atoms with Gasteiger partial charge in [0.25, 0.3) is 0 Å². The monoisotopic (exact) mass is 413 g/mol. The van der Waals surface area contributed by atoms with Crippen LogP contribution in [0.1, 0.15) is 41.5 Å². The van der Waals surface area contributed by atoms with Crippen molar-refractivity contribution in [2.24, 2.45) is 5.92 Å². The van der Waals surface area contributed by atoms with Crippen molar-refractivity contribution in [2.45, 2.75) is 65.2 Å². The van der Waals surface area contributed by atoms with Gasteiger partial charge < -0.3 is 30.9 Å². The molecule has 0 radical (unpaired) electrons. The summed E-state index contributed by atoms with van der Waals surface area (Å²) in [6.07, 6.45) is 0. The van der Waals surface area contributed by atoms with E-state index in [1.165, 1.54) is 9.80 Å². The Kier molecular flexibility index (Phi) is 8.43. The number of nitrogens with zero attached hydrogens (tertiary/aromatic N) is 2. The van der Waals surface area contributed by atoms with E-state index in [-0.39, 0.29) is 37.5 Å². The van der Waals surface area contributed by atoms with Crippen LogP contribution in [0.2, 0.25) is 0 Å². The van der Waals surface area contributed by atoms with Crippen LogP contribution in [0.4, 0.5) is 4.79 Å². The predicted octanol–water partition coefficient (Wildman–Crippen LogP) is -0.159. The van der Waals surface area contributed by atoms with Crippen LogP contribution >= 0.6 is 0 Å². The van der Waals surface area contributed by atoms with Gasteiger partial charge in [-0.2, -0.15) is 0 Å². The van der Waals surface area contributed by atoms with Crippen LogP contribution in [-0.2, 0) is 14.4 Å². The molecule has 3 atom stereocenters. The summed E-state index contributed by atoms with van der Waals surface area (Å²) in [5, 5.41) is 18.0. The van der Waals surface area contributed by atoms with Crippen LogP contribution in [0.5, 0.6) is 0 Å². The highest BCUT2D eigenvalue weighted by Gasteiger charge is 2.41. The van der Waals surface area contributed by atoms with Crippen molar-refractivity contribution < 1.29 is 24.3 Å². The van der Waals surface area contributed by atoms with Gasteiger partial charge >= 0.3 is 12.0 Å². The van der Waals surface area contributed by atoms with Gasteiger partial charge in [0.15, 0.2) is 0 Å². The number of nitrogens with one attached hydrogen (secondary N) is 3. The summed E-state index contributed by atoms with van der Waals surface area (Å²) >= 11 is 0. The Labute approximate surface area is 172 Å². The maximum Gasteiger partial charge on any atom is 0.328 e. The van der Waals surface area contributed by atoms with Crippen LogP contribution in [-0.4, -0.2) is 89.1 Å². The van der Waals surface area contributed by atoms with E-state index in [4.69, 9.17) is 0 Å². The summed E-state index contributed by atoms with van der Waals surface area (Å²) in [5.74, 6) is -2.22. The average Bonchev–Trinajstić information content (AvgIpc) is 2.62. The third-order valence-corrected chi connectivity index (χ3v) is 4.77. The molecular formula is C19H35N5O5. The number of carbonyl (C=O) groups excluding carboxylic acids is 3. The van der Waals surface area contributed by atoms with Gasteiger partial charge in [-0.3, -0.25) is 9.59 Å². The van der Waals surface area contributed by atoms with Gasteiger partial charge in [0.1, 0.15) is 12.1 Å². The van der Waals surface area contributed by atoms with Crippen molar-refractivity contribution in [2.75, 3.05) is 26.7 Å². The highest BCUT2D eigenvalue weighted by molar-refractivity contribution is 5.92. The molecule has 1 heterocycles. The molecule has 29 heavy (non-hydrogen) atoms. The molecule has 1 fully saturated rings. The van der Waals surface area contributed by atoms with Crippen molar-refractivity contribution in [3.63, 3.8) is 0 Å². The van der Waals surface area contributed by atoms with Gasteiger partial charge in [-0.25, -0.2) is 9.59 Å². The molecule has 4 N–H and O–H groups in total. The van der Waals surface area contributed by atoms with E-state index in [1.807, 2.05) is 20.8 Å². The van der Waals surface area contributed by atoms with E-state index in [1.54, 1.807) is 27.8 Å². The highest BCUT2D eigenvalue weighted by Crippen LogP contribution is 2.16. The molecule has 0 aromatic rings. The number of hydrogen-bond donors (Lipinski definition) is 4. The zero-order chi connectivity index (χ0) is 22.5. The molecule has 0 bridgehead atoms. The zero-order valence-electron chi connectivity index (χ0n) is 18.4. The fraction of sp³-hybridized carbons (Fsp3) is 0.789. The molecule has 1 rings (SSSR count). The third-order valence-electron chi connectivity index (χ3n) is 4.77. The molecule has 10 heteroatoms. The Bertz CT molecular complexity index is 631. The quantitative estimate of drug-likeness (QED) is 0.479. The molecule has 1 saturated heterocycles. The van der Waals surface area contributed by atoms with Crippen LogP contribution in [0.15, 0.2) is 0 Å². The summed E-state index contributed by atoms with van der Waals surface area (Å²) in [6, 6.07) is -2.89. The molecule has 0 aliphatic carbocycles. The Balaban J connectivity index is 2.97. The number of likely N-dealkylation sites (N-methyl/N-ethyl adjacent to an activating group) is 1. The summed E-state index contributed by atoms with van der Waals surface area (Å²) in [7, 11) is 1.64. The number of urea groups is 1. The number of piperazine rings is 1. The van der Waals surface area contributed by atoms with E-state index in [9.17, 15) is 24.3 Å². The predicted molar refractivity (Wildman–Crippen MR) is 108 cm³/mol. The minimum Gasteiger partial charge on any atom is -0.480 e. The maximum absolute atomic E-state index is 13.1. The molecule has 1 aliphatic rings. The van der Waals surface area contributed by atoms with Crippen molar-refractivity contribution in [3.8, 4) is 0 Å². The van der Waals surface area contributed by atoms with E-state index >= 15 is 0 Å². The lowest BCUT2D eigenvalue weighted by Gasteiger charge is -2.42. The first-order chi connectivity index (χ1) is 13.3. The van der Waals surface area contributed by atoms with Gasteiger partial charge in [-0.05, 0) is 40.7 Å². The molecule has 0 saturated carbocycles. The zero-order valence-corrected chi connectivity index (χ0v) is 18.4. The number of aliphatic carboxylic acids is 1. The van der Waals surface area contributed by atoms with Gasteiger partial charge in [0.05, 0.1) is 12.6 Å². The Morgan fingerprint density at radius 1 is 1.07 bits per heavy atom. The topological polar surface area (TPSA) is 131 Å². The fourth-order valence-electron chi connectivity index (χ4n) is 2.94. The fourth-order valence-corrected chi connectivity index (χ4v) is 2.94. The van der Waals surface area contributed by atoms with Crippen molar-refractivity contribution in [1.29, 1.82) is 0 Å². The number of carboxylic acids is 1. The molecule has 0 aromatic heterocycles. The number of carboxylic acid groups (broad SMARTS) is 1. The first-order valence-corrected chi connectivity index (χ1v) is 9.86. The molecular weight excluding hydrogens is 378 g/mol. The minimum atomic E-state index is -1.19.